The number of ether oxygens (including phenoxy) is 1. The van der Waals surface area contributed by atoms with E-state index in [1.165, 1.54) is 12.1 Å². The minimum Gasteiger partial charge on any atom is -0.376 e. The fraction of sp³-hybridized carbons (Fsp3) is 0.400. The van der Waals surface area contributed by atoms with Crippen LogP contribution in [0.1, 0.15) is 18.9 Å². The zero-order chi connectivity index (χ0) is 14.0. The van der Waals surface area contributed by atoms with Crippen LogP contribution in [0, 0.1) is 12.7 Å². The Kier molecular flexibility index (Phi) is 4.00. The van der Waals surface area contributed by atoms with E-state index in [0.717, 1.165) is 6.42 Å². The number of nitrogens with zero attached hydrogens (tertiary/aromatic N) is 1. The van der Waals surface area contributed by atoms with E-state index in [0.29, 0.717) is 17.9 Å². The molecule has 0 bridgehead atoms. The van der Waals surface area contributed by atoms with Crippen molar-refractivity contribution in [2.75, 3.05) is 11.5 Å². The SMILES string of the molecule is C=CC(=O)N(c1cccc(F)c1C)C1CCOC1C. The summed E-state index contributed by atoms with van der Waals surface area (Å²) in [4.78, 5) is 13.7. The summed E-state index contributed by atoms with van der Waals surface area (Å²) in [6.07, 6.45) is 1.94. The third-order valence-electron chi connectivity index (χ3n) is 3.58. The van der Waals surface area contributed by atoms with E-state index in [4.69, 9.17) is 4.74 Å². The van der Waals surface area contributed by atoms with Crippen LogP contribution in [-0.2, 0) is 9.53 Å². The molecule has 1 aromatic rings. The highest BCUT2D eigenvalue weighted by Crippen LogP contribution is 2.29. The topological polar surface area (TPSA) is 29.5 Å². The van der Waals surface area contributed by atoms with E-state index in [1.54, 1.807) is 24.0 Å². The van der Waals surface area contributed by atoms with Gasteiger partial charge in [-0.25, -0.2) is 4.39 Å². The quantitative estimate of drug-likeness (QED) is 0.785. The molecule has 1 fully saturated rings. The standard InChI is InChI=1S/C15H18FNO2/c1-4-15(18)17(14-8-9-19-11(14)3)13-7-5-6-12(16)10(13)2/h4-7,11,14H,1,8-9H2,2-3H3. The number of amides is 1. The Labute approximate surface area is 112 Å². The molecule has 1 aliphatic heterocycles. The number of anilines is 1. The third kappa shape index (κ3) is 2.54. The molecule has 1 amide bonds. The molecule has 4 heteroatoms. The highest BCUT2D eigenvalue weighted by molar-refractivity contribution is 6.02. The van der Waals surface area contributed by atoms with E-state index >= 15 is 0 Å². The minimum atomic E-state index is -0.314. The Morgan fingerprint density at radius 1 is 1.58 bits per heavy atom. The van der Waals surface area contributed by atoms with Crippen LogP contribution in [0.3, 0.4) is 0 Å². The molecule has 1 aliphatic rings. The molecule has 2 atom stereocenters. The second-order valence-corrected chi connectivity index (χ2v) is 4.73. The molecule has 1 saturated heterocycles. The first kappa shape index (κ1) is 13.7. The summed E-state index contributed by atoms with van der Waals surface area (Å²) in [5.41, 5.74) is 1.06. The van der Waals surface area contributed by atoms with E-state index in [-0.39, 0.29) is 23.9 Å². The fourth-order valence-electron chi connectivity index (χ4n) is 2.48. The van der Waals surface area contributed by atoms with Crippen molar-refractivity contribution in [3.05, 3.63) is 42.2 Å². The first-order chi connectivity index (χ1) is 9.06. The molecule has 1 heterocycles. The van der Waals surface area contributed by atoms with Gasteiger partial charge in [0.25, 0.3) is 5.91 Å². The van der Waals surface area contributed by atoms with Gasteiger partial charge < -0.3 is 9.64 Å². The Morgan fingerprint density at radius 3 is 2.89 bits per heavy atom. The van der Waals surface area contributed by atoms with Crippen molar-refractivity contribution in [2.24, 2.45) is 0 Å². The molecule has 102 valence electrons. The first-order valence-corrected chi connectivity index (χ1v) is 6.38. The van der Waals surface area contributed by atoms with Gasteiger partial charge in [-0.3, -0.25) is 4.79 Å². The van der Waals surface area contributed by atoms with Crippen LogP contribution in [0.4, 0.5) is 10.1 Å². The second kappa shape index (κ2) is 5.53. The summed E-state index contributed by atoms with van der Waals surface area (Å²) in [5, 5.41) is 0. The maximum absolute atomic E-state index is 13.7. The van der Waals surface area contributed by atoms with Gasteiger partial charge in [-0.1, -0.05) is 12.6 Å². The Hall–Kier alpha value is -1.68. The van der Waals surface area contributed by atoms with Crippen molar-refractivity contribution in [3.63, 3.8) is 0 Å². The average molecular weight is 263 g/mol. The van der Waals surface area contributed by atoms with Crippen molar-refractivity contribution in [3.8, 4) is 0 Å². The van der Waals surface area contributed by atoms with Gasteiger partial charge in [-0.15, -0.1) is 0 Å². The van der Waals surface area contributed by atoms with E-state index in [1.807, 2.05) is 6.92 Å². The normalized spacial score (nSPS) is 22.3. The summed E-state index contributed by atoms with van der Waals surface area (Å²) >= 11 is 0. The van der Waals surface area contributed by atoms with Crippen LogP contribution in [0.5, 0.6) is 0 Å². The lowest BCUT2D eigenvalue weighted by Crippen LogP contribution is -2.43. The van der Waals surface area contributed by atoms with Crippen LogP contribution in [-0.4, -0.2) is 24.7 Å². The molecule has 1 aromatic carbocycles. The molecule has 3 nitrogen and oxygen atoms in total. The Bertz CT molecular complexity index is 501. The summed E-state index contributed by atoms with van der Waals surface area (Å²) < 4.78 is 19.2. The van der Waals surface area contributed by atoms with Gasteiger partial charge >= 0.3 is 0 Å². The molecule has 2 unspecified atom stereocenters. The molecule has 0 radical (unpaired) electrons. The third-order valence-corrected chi connectivity index (χ3v) is 3.58. The Morgan fingerprint density at radius 2 is 2.32 bits per heavy atom. The highest BCUT2D eigenvalue weighted by atomic mass is 19.1. The van der Waals surface area contributed by atoms with Gasteiger partial charge in [0, 0.05) is 12.2 Å². The number of benzene rings is 1. The van der Waals surface area contributed by atoms with Crippen LogP contribution in [0.25, 0.3) is 0 Å². The van der Waals surface area contributed by atoms with Gasteiger partial charge in [-0.2, -0.15) is 0 Å². The monoisotopic (exact) mass is 263 g/mol. The number of hydrogen-bond acceptors (Lipinski definition) is 2. The van der Waals surface area contributed by atoms with Crippen molar-refractivity contribution in [1.29, 1.82) is 0 Å². The molecule has 2 rings (SSSR count). The maximum atomic E-state index is 13.7. The van der Waals surface area contributed by atoms with Crippen molar-refractivity contribution in [2.45, 2.75) is 32.4 Å². The lowest BCUT2D eigenvalue weighted by molar-refractivity contribution is -0.114. The zero-order valence-electron chi connectivity index (χ0n) is 11.2. The number of halogens is 1. The fourth-order valence-corrected chi connectivity index (χ4v) is 2.48. The van der Waals surface area contributed by atoms with Gasteiger partial charge in [0.05, 0.1) is 17.8 Å². The number of rotatable bonds is 3. The summed E-state index contributed by atoms with van der Waals surface area (Å²) in [6, 6.07) is 4.68. The molecule has 19 heavy (non-hydrogen) atoms. The maximum Gasteiger partial charge on any atom is 0.250 e. The smallest absolute Gasteiger partial charge is 0.250 e. The highest BCUT2D eigenvalue weighted by Gasteiger charge is 2.34. The summed E-state index contributed by atoms with van der Waals surface area (Å²) in [7, 11) is 0. The molecular formula is C15H18FNO2. The van der Waals surface area contributed by atoms with Gasteiger partial charge in [0.1, 0.15) is 5.82 Å². The van der Waals surface area contributed by atoms with Gasteiger partial charge in [0.2, 0.25) is 0 Å². The van der Waals surface area contributed by atoms with Gasteiger partial charge in [-0.05, 0) is 38.5 Å². The van der Waals surface area contributed by atoms with Crippen LogP contribution in [0.2, 0.25) is 0 Å². The molecule has 0 aromatic heterocycles. The molecular weight excluding hydrogens is 245 g/mol. The molecule has 0 N–H and O–H groups in total. The number of carbonyl (C=O) groups excluding carboxylic acids is 1. The van der Waals surface area contributed by atoms with Crippen molar-refractivity contribution >= 4 is 11.6 Å². The van der Waals surface area contributed by atoms with Gasteiger partial charge in [0.15, 0.2) is 0 Å². The minimum absolute atomic E-state index is 0.0634. The van der Waals surface area contributed by atoms with Crippen molar-refractivity contribution in [1.82, 2.24) is 0 Å². The first-order valence-electron chi connectivity index (χ1n) is 6.38. The summed E-state index contributed by atoms with van der Waals surface area (Å²) in [6.45, 7) is 7.74. The lowest BCUT2D eigenvalue weighted by atomic mass is 10.1. The van der Waals surface area contributed by atoms with Crippen LogP contribution >= 0.6 is 0 Å². The largest absolute Gasteiger partial charge is 0.376 e. The zero-order valence-corrected chi connectivity index (χ0v) is 11.2. The predicted octanol–water partition coefficient (Wildman–Crippen LogP) is 2.83. The van der Waals surface area contributed by atoms with E-state index in [9.17, 15) is 9.18 Å². The number of carbonyl (C=O) groups is 1. The van der Waals surface area contributed by atoms with Crippen molar-refractivity contribution < 1.29 is 13.9 Å². The number of hydrogen-bond donors (Lipinski definition) is 0. The van der Waals surface area contributed by atoms with Crippen LogP contribution < -0.4 is 4.90 Å². The van der Waals surface area contributed by atoms with E-state index in [2.05, 4.69) is 6.58 Å². The lowest BCUT2D eigenvalue weighted by Gasteiger charge is -2.31. The second-order valence-electron chi connectivity index (χ2n) is 4.73. The Balaban J connectivity index is 2.45. The molecule has 0 spiro atoms. The molecule has 0 saturated carbocycles. The average Bonchev–Trinajstić information content (AvgIpc) is 2.81. The molecule has 0 aliphatic carbocycles. The summed E-state index contributed by atoms with van der Waals surface area (Å²) in [5.74, 6) is -0.540. The van der Waals surface area contributed by atoms with Crippen LogP contribution in [0.15, 0.2) is 30.9 Å². The van der Waals surface area contributed by atoms with E-state index < -0.39 is 0 Å². The predicted molar refractivity (Wildman–Crippen MR) is 72.6 cm³/mol.